The molecule has 6 nitrogen and oxygen atoms in total. The largest absolute Gasteiger partial charge is 0.480 e. The molecule has 0 amide bonds. The van der Waals surface area contributed by atoms with Crippen LogP contribution in [-0.2, 0) is 21.4 Å². The average Bonchev–Trinajstić information content (AvgIpc) is 2.27. The number of hydrogen-bond donors (Lipinski definition) is 3. The van der Waals surface area contributed by atoms with E-state index in [1.54, 1.807) is 24.3 Å². The summed E-state index contributed by atoms with van der Waals surface area (Å²) in [5.74, 6) is -1.97. The maximum Gasteiger partial charge on any atom is 0.321 e. The van der Waals surface area contributed by atoms with Gasteiger partial charge in [-0.15, -0.1) is 0 Å². The van der Waals surface area contributed by atoms with Crippen molar-refractivity contribution in [3.05, 3.63) is 35.9 Å². The predicted octanol–water partition coefficient (Wildman–Crippen LogP) is -0.482. The Morgan fingerprint density at radius 3 is 2.47 bits per heavy atom. The predicted molar refractivity (Wildman–Crippen MR) is 62.7 cm³/mol. The van der Waals surface area contributed by atoms with Crippen molar-refractivity contribution in [2.24, 2.45) is 5.73 Å². The third-order valence-corrected chi connectivity index (χ3v) is 3.44. The number of hydrogen-bond acceptors (Lipinski definition) is 4. The number of benzene rings is 1. The van der Waals surface area contributed by atoms with E-state index in [1.165, 1.54) is 0 Å². The first kappa shape index (κ1) is 13.6. The number of aliphatic carboxylic acids is 1. The molecule has 94 valence electrons. The Kier molecular flexibility index (Phi) is 4.62. The van der Waals surface area contributed by atoms with Gasteiger partial charge in [0.05, 0.1) is 5.75 Å². The van der Waals surface area contributed by atoms with Crippen LogP contribution in [0.5, 0.6) is 0 Å². The van der Waals surface area contributed by atoms with Gasteiger partial charge in [0.2, 0.25) is 10.0 Å². The molecule has 1 atom stereocenters. The molecule has 17 heavy (non-hydrogen) atoms. The summed E-state index contributed by atoms with van der Waals surface area (Å²) in [6.07, 6.45) is 0. The number of rotatable bonds is 6. The number of nitrogens with one attached hydrogen (secondary N) is 1. The molecular formula is C10H14N2O4S. The molecule has 1 rings (SSSR count). The summed E-state index contributed by atoms with van der Waals surface area (Å²) in [6.45, 7) is 0.121. The second-order valence-electron chi connectivity index (χ2n) is 3.53. The van der Waals surface area contributed by atoms with E-state index in [4.69, 9.17) is 10.8 Å². The molecule has 0 saturated heterocycles. The molecule has 0 aliphatic rings. The van der Waals surface area contributed by atoms with Crippen molar-refractivity contribution in [1.29, 1.82) is 0 Å². The molecule has 0 bridgehead atoms. The Hall–Kier alpha value is -1.44. The van der Waals surface area contributed by atoms with Gasteiger partial charge in [-0.25, -0.2) is 13.1 Å². The first-order valence-electron chi connectivity index (χ1n) is 4.90. The Balaban J connectivity index is 2.54. The summed E-state index contributed by atoms with van der Waals surface area (Å²) in [5, 5.41) is 8.51. The highest BCUT2D eigenvalue weighted by molar-refractivity contribution is 7.89. The summed E-state index contributed by atoms with van der Waals surface area (Å²) in [4.78, 5) is 10.4. The van der Waals surface area contributed by atoms with Gasteiger partial charge >= 0.3 is 5.97 Å². The number of sulfonamides is 1. The first-order chi connectivity index (χ1) is 7.91. The molecule has 0 aromatic heterocycles. The van der Waals surface area contributed by atoms with E-state index in [-0.39, 0.29) is 6.54 Å². The fraction of sp³-hybridized carbons (Fsp3) is 0.300. The van der Waals surface area contributed by atoms with E-state index < -0.39 is 27.8 Å². The van der Waals surface area contributed by atoms with Crippen molar-refractivity contribution in [2.75, 3.05) is 5.75 Å². The molecule has 0 unspecified atom stereocenters. The summed E-state index contributed by atoms with van der Waals surface area (Å²) in [6, 6.07) is 7.50. The third kappa shape index (κ3) is 4.94. The van der Waals surface area contributed by atoms with Gasteiger partial charge in [0.15, 0.2) is 0 Å². The standard InChI is InChI=1S/C10H14N2O4S/c11-9(10(13)14)7-17(15,16)12-6-8-4-2-1-3-5-8/h1-5,9,12H,6-7,11H2,(H,13,14)/t9-/m0/s1. The zero-order valence-corrected chi connectivity index (χ0v) is 9.85. The van der Waals surface area contributed by atoms with Gasteiger partial charge < -0.3 is 10.8 Å². The van der Waals surface area contributed by atoms with Crippen molar-refractivity contribution in [3.63, 3.8) is 0 Å². The molecule has 1 aromatic rings. The van der Waals surface area contributed by atoms with E-state index in [9.17, 15) is 13.2 Å². The normalized spacial score (nSPS) is 13.2. The number of carboxylic acid groups (broad SMARTS) is 1. The maximum atomic E-state index is 11.5. The zero-order chi connectivity index (χ0) is 12.9. The Bertz CT molecular complexity index is 472. The van der Waals surface area contributed by atoms with E-state index in [2.05, 4.69) is 4.72 Å². The topological polar surface area (TPSA) is 109 Å². The lowest BCUT2D eigenvalue weighted by atomic mass is 10.2. The van der Waals surface area contributed by atoms with Gasteiger partial charge in [0, 0.05) is 6.54 Å². The van der Waals surface area contributed by atoms with Gasteiger partial charge in [-0.1, -0.05) is 30.3 Å². The van der Waals surface area contributed by atoms with Crippen molar-refractivity contribution >= 4 is 16.0 Å². The molecule has 0 radical (unpaired) electrons. The van der Waals surface area contributed by atoms with Gasteiger partial charge in [0.1, 0.15) is 6.04 Å². The minimum absolute atomic E-state index is 0.121. The van der Waals surface area contributed by atoms with Crippen molar-refractivity contribution < 1.29 is 18.3 Å². The van der Waals surface area contributed by atoms with Crippen LogP contribution in [0.4, 0.5) is 0 Å². The third-order valence-electron chi connectivity index (χ3n) is 2.06. The summed E-state index contributed by atoms with van der Waals surface area (Å²) >= 11 is 0. The van der Waals surface area contributed by atoms with Gasteiger partial charge in [-0.05, 0) is 5.56 Å². The fourth-order valence-electron chi connectivity index (χ4n) is 1.16. The lowest BCUT2D eigenvalue weighted by molar-refractivity contribution is -0.137. The van der Waals surface area contributed by atoms with E-state index >= 15 is 0 Å². The van der Waals surface area contributed by atoms with Crippen LogP contribution in [0.1, 0.15) is 5.56 Å². The molecule has 0 spiro atoms. The molecule has 4 N–H and O–H groups in total. The quantitative estimate of drug-likeness (QED) is 0.638. The molecule has 0 fully saturated rings. The van der Waals surface area contributed by atoms with Crippen LogP contribution in [0.2, 0.25) is 0 Å². The lowest BCUT2D eigenvalue weighted by Crippen LogP contribution is -2.41. The van der Waals surface area contributed by atoms with Crippen LogP contribution in [0.3, 0.4) is 0 Å². The highest BCUT2D eigenvalue weighted by Gasteiger charge is 2.20. The molecule has 7 heteroatoms. The Morgan fingerprint density at radius 2 is 1.94 bits per heavy atom. The number of nitrogens with two attached hydrogens (primary N) is 1. The van der Waals surface area contributed by atoms with Crippen LogP contribution in [0.15, 0.2) is 30.3 Å². The number of carboxylic acids is 1. The van der Waals surface area contributed by atoms with Crippen LogP contribution in [-0.4, -0.2) is 31.3 Å². The Morgan fingerprint density at radius 1 is 1.35 bits per heavy atom. The minimum Gasteiger partial charge on any atom is -0.480 e. The van der Waals surface area contributed by atoms with E-state index in [1.807, 2.05) is 6.07 Å². The molecule has 0 aliphatic carbocycles. The molecule has 0 heterocycles. The Labute approximate surface area is 99.5 Å². The van der Waals surface area contributed by atoms with Gasteiger partial charge in [-0.3, -0.25) is 4.79 Å². The van der Waals surface area contributed by atoms with Crippen molar-refractivity contribution in [2.45, 2.75) is 12.6 Å². The number of carbonyl (C=O) groups is 1. The smallest absolute Gasteiger partial charge is 0.321 e. The fourth-order valence-corrected chi connectivity index (χ4v) is 2.28. The lowest BCUT2D eigenvalue weighted by Gasteiger charge is -2.09. The first-order valence-corrected chi connectivity index (χ1v) is 6.55. The van der Waals surface area contributed by atoms with Crippen LogP contribution in [0.25, 0.3) is 0 Å². The SMILES string of the molecule is N[C@@H](CS(=O)(=O)NCc1ccccc1)C(=O)O. The summed E-state index contributed by atoms with van der Waals surface area (Å²) < 4.78 is 25.2. The maximum absolute atomic E-state index is 11.5. The van der Waals surface area contributed by atoms with Crippen molar-refractivity contribution in [3.8, 4) is 0 Å². The molecule has 1 aromatic carbocycles. The minimum atomic E-state index is -3.68. The van der Waals surface area contributed by atoms with Crippen LogP contribution in [0, 0.1) is 0 Å². The monoisotopic (exact) mass is 258 g/mol. The van der Waals surface area contributed by atoms with Crippen LogP contribution >= 0.6 is 0 Å². The summed E-state index contributed by atoms with van der Waals surface area (Å²) in [7, 11) is -3.68. The average molecular weight is 258 g/mol. The zero-order valence-electron chi connectivity index (χ0n) is 9.04. The highest BCUT2D eigenvalue weighted by atomic mass is 32.2. The van der Waals surface area contributed by atoms with Gasteiger partial charge in [-0.2, -0.15) is 0 Å². The van der Waals surface area contributed by atoms with E-state index in [0.717, 1.165) is 5.56 Å². The highest BCUT2D eigenvalue weighted by Crippen LogP contribution is 1.99. The van der Waals surface area contributed by atoms with Crippen molar-refractivity contribution in [1.82, 2.24) is 4.72 Å². The second kappa shape index (κ2) is 5.76. The molecular weight excluding hydrogens is 244 g/mol. The van der Waals surface area contributed by atoms with Crippen LogP contribution < -0.4 is 10.5 Å². The van der Waals surface area contributed by atoms with Gasteiger partial charge in [0.25, 0.3) is 0 Å². The molecule has 0 aliphatic heterocycles. The van der Waals surface area contributed by atoms with E-state index in [0.29, 0.717) is 0 Å². The molecule has 0 saturated carbocycles. The summed E-state index contributed by atoms with van der Waals surface area (Å²) in [5.41, 5.74) is 5.94. The second-order valence-corrected chi connectivity index (χ2v) is 5.38.